The average Bonchev–Trinajstić information content (AvgIpc) is 3.30. The van der Waals surface area contributed by atoms with Crippen molar-refractivity contribution in [1.29, 1.82) is 0 Å². The molecule has 2 aliphatic rings. The molecule has 0 bridgehead atoms. The highest BCUT2D eigenvalue weighted by Crippen LogP contribution is 2.38. The minimum Gasteiger partial charge on any atom is -0.481 e. The third-order valence-electron chi connectivity index (χ3n) is 7.25. The molecule has 210 valence electrons. The van der Waals surface area contributed by atoms with E-state index in [1.54, 1.807) is 23.1 Å². The summed E-state index contributed by atoms with van der Waals surface area (Å²) in [6.45, 7) is 2.95. The van der Waals surface area contributed by atoms with Crippen LogP contribution < -0.4 is 0 Å². The number of carbonyl (C=O) groups excluding carboxylic acids is 2. The Labute approximate surface area is 232 Å². The van der Waals surface area contributed by atoms with E-state index in [0.717, 1.165) is 16.8 Å². The van der Waals surface area contributed by atoms with E-state index < -0.39 is 35.1 Å². The summed E-state index contributed by atoms with van der Waals surface area (Å²) in [5.41, 5.74) is -0.569. The molecule has 1 N–H and O–H groups in total. The number of amides is 1. The molecule has 1 amide bonds. The maximum atomic E-state index is 13.9. The number of carbonyl (C=O) groups is 3. The van der Waals surface area contributed by atoms with Crippen molar-refractivity contribution in [3.63, 3.8) is 0 Å². The molecule has 12 heteroatoms. The maximum absolute atomic E-state index is 13.9. The third kappa shape index (κ3) is 5.23. The van der Waals surface area contributed by atoms with Crippen molar-refractivity contribution in [1.82, 2.24) is 14.7 Å². The Morgan fingerprint density at radius 2 is 1.93 bits per heavy atom. The number of rotatable bonds is 4. The van der Waals surface area contributed by atoms with Crippen LogP contribution in [0.2, 0.25) is 5.02 Å². The van der Waals surface area contributed by atoms with Gasteiger partial charge in [-0.2, -0.15) is 23.0 Å². The van der Waals surface area contributed by atoms with Crippen LogP contribution in [0.3, 0.4) is 0 Å². The minimum absolute atomic E-state index is 0.140. The van der Waals surface area contributed by atoms with Gasteiger partial charge in [-0.25, -0.2) is 0 Å². The molecule has 1 aliphatic heterocycles. The van der Waals surface area contributed by atoms with Gasteiger partial charge in [0.15, 0.2) is 0 Å². The molecule has 0 radical (unpaired) electrons. The molecule has 0 saturated carbocycles. The van der Waals surface area contributed by atoms with Crippen molar-refractivity contribution < 1.29 is 37.4 Å². The molecule has 1 saturated heterocycles. The topological polar surface area (TPSA) is 102 Å². The summed E-state index contributed by atoms with van der Waals surface area (Å²) in [6, 6.07) is 7.72. The fourth-order valence-electron chi connectivity index (χ4n) is 5.18. The number of hydrogen-bond donors (Lipinski definition) is 1. The molecular weight excluding hydrogens is 551 g/mol. The van der Waals surface area contributed by atoms with Crippen molar-refractivity contribution in [3.8, 4) is 0 Å². The van der Waals surface area contributed by atoms with Gasteiger partial charge in [-0.15, -0.1) is 0 Å². The van der Waals surface area contributed by atoms with Crippen LogP contribution in [-0.2, 0) is 15.7 Å². The normalized spacial score (nSPS) is 19.9. The Morgan fingerprint density at radius 3 is 2.58 bits per heavy atom. The number of morpholine rings is 1. The Balaban J connectivity index is 1.65. The monoisotopic (exact) mass is 575 g/mol. The number of hydrogen-bond acceptors (Lipinski definition) is 5. The summed E-state index contributed by atoms with van der Waals surface area (Å²) in [6.07, 6.45) is -2.34. The largest absolute Gasteiger partial charge is 0.481 e. The van der Waals surface area contributed by atoms with Crippen molar-refractivity contribution in [2.75, 3.05) is 19.7 Å². The Kier molecular flexibility index (Phi) is 7.45. The zero-order valence-corrected chi connectivity index (χ0v) is 22.1. The highest BCUT2D eigenvalue weighted by Gasteiger charge is 2.37. The van der Waals surface area contributed by atoms with Crippen molar-refractivity contribution in [2.24, 2.45) is 5.92 Å². The fourth-order valence-corrected chi connectivity index (χ4v) is 5.44. The highest BCUT2D eigenvalue weighted by molar-refractivity contribution is 6.34. The summed E-state index contributed by atoms with van der Waals surface area (Å²) in [7, 11) is 0. The number of halogens is 4. The predicted molar refractivity (Wildman–Crippen MR) is 140 cm³/mol. The summed E-state index contributed by atoms with van der Waals surface area (Å²) < 4.78 is 48.0. The maximum Gasteiger partial charge on any atom is 0.417 e. The van der Waals surface area contributed by atoms with Crippen LogP contribution in [0.1, 0.15) is 58.2 Å². The number of fused-ring (bicyclic) bond motifs is 1. The fraction of sp³-hybridized carbons (Fsp3) is 0.357. The van der Waals surface area contributed by atoms with Gasteiger partial charge in [-0.1, -0.05) is 23.7 Å². The molecule has 0 spiro atoms. The van der Waals surface area contributed by atoms with Gasteiger partial charge < -0.3 is 14.7 Å². The van der Waals surface area contributed by atoms with Gasteiger partial charge in [0.25, 0.3) is 11.8 Å². The van der Waals surface area contributed by atoms with Crippen LogP contribution in [0, 0.1) is 5.92 Å². The molecule has 1 unspecified atom stereocenters. The second-order valence-corrected chi connectivity index (χ2v) is 10.3. The van der Waals surface area contributed by atoms with Gasteiger partial charge in [-0.05, 0) is 62.1 Å². The first-order valence-electron chi connectivity index (χ1n) is 12.7. The van der Waals surface area contributed by atoms with Crippen LogP contribution in [-0.4, -0.2) is 63.4 Å². The number of nitrogens with zero attached hydrogens (tertiary/aromatic N) is 3. The predicted octanol–water partition coefficient (Wildman–Crippen LogP) is 5.53. The number of aliphatic carboxylic acids is 1. The quantitative estimate of drug-likeness (QED) is 0.439. The van der Waals surface area contributed by atoms with E-state index in [-0.39, 0.29) is 34.5 Å². The molecule has 1 fully saturated rings. The van der Waals surface area contributed by atoms with Crippen LogP contribution in [0.5, 0.6) is 0 Å². The Hall–Kier alpha value is -3.70. The zero-order valence-electron chi connectivity index (χ0n) is 21.4. The smallest absolute Gasteiger partial charge is 0.417 e. The Morgan fingerprint density at radius 1 is 1.15 bits per heavy atom. The number of benzene rings is 2. The summed E-state index contributed by atoms with van der Waals surface area (Å²) in [5.74, 6) is -2.89. The second-order valence-electron chi connectivity index (χ2n) is 9.93. The van der Waals surface area contributed by atoms with Crippen LogP contribution in [0.25, 0.3) is 16.5 Å². The van der Waals surface area contributed by atoms with E-state index in [2.05, 4.69) is 5.10 Å². The number of carboxylic acids is 1. The van der Waals surface area contributed by atoms with Gasteiger partial charge in [0.05, 0.1) is 46.0 Å². The first-order valence-corrected chi connectivity index (χ1v) is 13.1. The zero-order chi connectivity index (χ0) is 28.8. The van der Waals surface area contributed by atoms with Gasteiger partial charge in [0.2, 0.25) is 0 Å². The summed E-state index contributed by atoms with van der Waals surface area (Å²) >= 11 is 6.13. The van der Waals surface area contributed by atoms with E-state index in [1.807, 2.05) is 6.92 Å². The molecule has 3 aromatic rings. The second kappa shape index (κ2) is 10.7. The molecule has 2 heterocycles. The lowest BCUT2D eigenvalue weighted by atomic mass is 9.87. The lowest BCUT2D eigenvalue weighted by Gasteiger charge is -2.31. The SMILES string of the molecule is C[C@H]1CN(C(=O)c2ccc3c(C4=CCC(C(=O)O)CC4)nn(C(=O)c4c(Cl)cccc4C(F)(F)F)c3c2)CCO1. The standard InChI is InChI=1S/C28H25ClF3N3O5/c1-15-14-34(11-12-40-15)25(36)18-9-10-19-22(13-18)35(33-24(19)16-5-7-17(8-6-16)27(38)39)26(37)23-20(28(30,31)32)3-2-4-21(23)29/h2-5,9-10,13,15,17H,6-8,11-12,14H2,1H3,(H,38,39)/t15-,17?/m0/s1. The molecule has 1 aromatic heterocycles. The molecule has 2 atom stereocenters. The van der Waals surface area contributed by atoms with E-state index >= 15 is 0 Å². The van der Waals surface area contributed by atoms with Crippen LogP contribution >= 0.6 is 11.6 Å². The van der Waals surface area contributed by atoms with E-state index in [0.29, 0.717) is 49.2 Å². The molecular formula is C28H25ClF3N3O5. The van der Waals surface area contributed by atoms with Crippen molar-refractivity contribution in [3.05, 3.63) is 69.9 Å². The summed E-state index contributed by atoms with van der Waals surface area (Å²) in [4.78, 5) is 40.1. The van der Waals surface area contributed by atoms with E-state index in [1.165, 1.54) is 12.1 Å². The molecule has 5 rings (SSSR count). The van der Waals surface area contributed by atoms with Gasteiger partial charge in [0.1, 0.15) is 0 Å². The molecule has 8 nitrogen and oxygen atoms in total. The van der Waals surface area contributed by atoms with Crippen LogP contribution in [0.15, 0.2) is 42.5 Å². The van der Waals surface area contributed by atoms with Crippen molar-refractivity contribution >= 4 is 45.9 Å². The van der Waals surface area contributed by atoms with Gasteiger partial charge >= 0.3 is 12.1 Å². The highest BCUT2D eigenvalue weighted by atomic mass is 35.5. The minimum atomic E-state index is -4.85. The van der Waals surface area contributed by atoms with E-state index in [4.69, 9.17) is 16.3 Å². The number of carboxylic acid groups (broad SMARTS) is 1. The van der Waals surface area contributed by atoms with Crippen LogP contribution in [0.4, 0.5) is 13.2 Å². The number of alkyl halides is 3. The lowest BCUT2D eigenvalue weighted by molar-refractivity contribution is -0.142. The molecule has 1 aliphatic carbocycles. The molecule has 2 aromatic carbocycles. The molecule has 40 heavy (non-hydrogen) atoms. The van der Waals surface area contributed by atoms with Gasteiger partial charge in [0, 0.05) is 24.0 Å². The lowest BCUT2D eigenvalue weighted by Crippen LogP contribution is -2.44. The Bertz CT molecular complexity index is 1550. The van der Waals surface area contributed by atoms with E-state index in [9.17, 15) is 32.7 Å². The van der Waals surface area contributed by atoms with Gasteiger partial charge in [-0.3, -0.25) is 14.4 Å². The first kappa shape index (κ1) is 27.9. The third-order valence-corrected chi connectivity index (χ3v) is 7.56. The van der Waals surface area contributed by atoms with Crippen molar-refractivity contribution in [2.45, 2.75) is 38.5 Å². The average molecular weight is 576 g/mol. The number of ether oxygens (including phenoxy) is 1. The summed E-state index contributed by atoms with van der Waals surface area (Å²) in [5, 5.41) is 13.8. The number of allylic oxidation sites excluding steroid dienone is 2. The first-order chi connectivity index (χ1) is 19.0. The number of aromatic nitrogens is 2.